The molecular formula is C14H28ClN3. The molecule has 1 saturated carbocycles. The lowest BCUT2D eigenvalue weighted by molar-refractivity contribution is 0.0529. The predicted molar refractivity (Wildman–Crippen MR) is 78.5 cm³/mol. The van der Waals surface area contributed by atoms with Gasteiger partial charge in [-0.2, -0.15) is 0 Å². The third kappa shape index (κ3) is 3.60. The molecule has 1 N–H and O–H groups in total. The van der Waals surface area contributed by atoms with E-state index in [0.717, 1.165) is 12.0 Å². The normalized spacial score (nSPS) is 28.7. The molecule has 3 rings (SSSR count). The Balaban J connectivity index is 0.00000120. The first kappa shape index (κ1) is 14.6. The Kier molecular flexibility index (Phi) is 5.74. The van der Waals surface area contributed by atoms with Gasteiger partial charge >= 0.3 is 0 Å². The van der Waals surface area contributed by atoms with Crippen LogP contribution in [0.15, 0.2) is 0 Å². The van der Waals surface area contributed by atoms with E-state index in [1.54, 1.807) is 0 Å². The summed E-state index contributed by atoms with van der Waals surface area (Å²) in [5.74, 6) is 0.964. The van der Waals surface area contributed by atoms with Crippen molar-refractivity contribution in [2.24, 2.45) is 5.92 Å². The van der Waals surface area contributed by atoms with Gasteiger partial charge in [-0.05, 0) is 44.7 Å². The van der Waals surface area contributed by atoms with Gasteiger partial charge in [0, 0.05) is 38.8 Å². The molecule has 2 saturated heterocycles. The summed E-state index contributed by atoms with van der Waals surface area (Å²) in [5, 5.41) is 3.46. The van der Waals surface area contributed by atoms with Crippen molar-refractivity contribution in [3.05, 3.63) is 0 Å². The third-order valence-electron chi connectivity index (χ3n) is 4.97. The Bertz CT molecular complexity index is 231. The van der Waals surface area contributed by atoms with Crippen LogP contribution >= 0.6 is 12.4 Å². The minimum absolute atomic E-state index is 0. The van der Waals surface area contributed by atoms with Crippen LogP contribution in [0.1, 0.15) is 32.1 Å². The molecule has 2 heterocycles. The van der Waals surface area contributed by atoms with Crippen molar-refractivity contribution in [1.29, 1.82) is 0 Å². The highest BCUT2D eigenvalue weighted by molar-refractivity contribution is 5.85. The smallest absolute Gasteiger partial charge is 0.0113 e. The molecule has 3 aliphatic rings. The van der Waals surface area contributed by atoms with Crippen LogP contribution < -0.4 is 5.32 Å². The maximum absolute atomic E-state index is 3.46. The minimum Gasteiger partial charge on any atom is -0.317 e. The molecule has 2 aliphatic heterocycles. The van der Waals surface area contributed by atoms with E-state index in [4.69, 9.17) is 0 Å². The summed E-state index contributed by atoms with van der Waals surface area (Å²) in [6, 6.07) is 0.955. The van der Waals surface area contributed by atoms with Crippen molar-refractivity contribution in [2.45, 2.75) is 38.1 Å². The van der Waals surface area contributed by atoms with Gasteiger partial charge in [-0.1, -0.05) is 6.42 Å². The molecule has 18 heavy (non-hydrogen) atoms. The molecule has 0 radical (unpaired) electrons. The minimum atomic E-state index is 0. The van der Waals surface area contributed by atoms with Crippen molar-refractivity contribution in [3.8, 4) is 0 Å². The molecule has 4 heteroatoms. The summed E-state index contributed by atoms with van der Waals surface area (Å²) in [5.41, 5.74) is 0. The van der Waals surface area contributed by atoms with E-state index in [1.807, 2.05) is 0 Å². The number of hydrogen-bond donors (Lipinski definition) is 1. The number of nitrogens with zero attached hydrogens (tertiary/aromatic N) is 2. The zero-order valence-electron chi connectivity index (χ0n) is 11.4. The number of halogens is 1. The molecule has 0 spiro atoms. The van der Waals surface area contributed by atoms with Crippen LogP contribution in [0.3, 0.4) is 0 Å². The topological polar surface area (TPSA) is 18.5 Å². The fourth-order valence-corrected chi connectivity index (χ4v) is 3.49. The van der Waals surface area contributed by atoms with Crippen molar-refractivity contribution in [2.75, 3.05) is 45.8 Å². The third-order valence-corrected chi connectivity index (χ3v) is 4.97. The molecule has 3 nitrogen and oxygen atoms in total. The molecule has 0 aromatic heterocycles. The lowest BCUT2D eigenvalue weighted by Gasteiger charge is -2.43. The molecule has 3 fully saturated rings. The zero-order chi connectivity index (χ0) is 11.5. The highest BCUT2D eigenvalue weighted by Crippen LogP contribution is 2.25. The van der Waals surface area contributed by atoms with Gasteiger partial charge in [0.15, 0.2) is 0 Å². The number of piperazine rings is 1. The van der Waals surface area contributed by atoms with Crippen LogP contribution in [0.2, 0.25) is 0 Å². The Morgan fingerprint density at radius 1 is 0.889 bits per heavy atom. The van der Waals surface area contributed by atoms with Crippen molar-refractivity contribution < 1.29 is 0 Å². The summed E-state index contributed by atoms with van der Waals surface area (Å²) in [4.78, 5) is 5.45. The number of piperidine rings is 1. The summed E-state index contributed by atoms with van der Waals surface area (Å²) < 4.78 is 0. The summed E-state index contributed by atoms with van der Waals surface area (Å²) in [7, 11) is 0. The zero-order valence-corrected chi connectivity index (χ0v) is 12.3. The first-order valence-electron chi connectivity index (χ1n) is 7.59. The largest absolute Gasteiger partial charge is 0.317 e. The van der Waals surface area contributed by atoms with Gasteiger partial charge in [-0.3, -0.25) is 4.90 Å². The fourth-order valence-electron chi connectivity index (χ4n) is 3.49. The highest BCUT2D eigenvalue weighted by Gasteiger charge is 2.28. The van der Waals surface area contributed by atoms with Crippen molar-refractivity contribution in [3.63, 3.8) is 0 Å². The van der Waals surface area contributed by atoms with Crippen molar-refractivity contribution in [1.82, 2.24) is 15.1 Å². The first-order chi connectivity index (χ1) is 8.42. The van der Waals surface area contributed by atoms with Crippen LogP contribution in [0, 0.1) is 5.92 Å². The van der Waals surface area contributed by atoms with Gasteiger partial charge in [0.25, 0.3) is 0 Å². The maximum Gasteiger partial charge on any atom is 0.0113 e. The molecular weight excluding hydrogens is 246 g/mol. The van der Waals surface area contributed by atoms with Crippen LogP contribution in [0.25, 0.3) is 0 Å². The molecule has 0 bridgehead atoms. The van der Waals surface area contributed by atoms with Gasteiger partial charge < -0.3 is 10.2 Å². The second-order valence-corrected chi connectivity index (χ2v) is 6.11. The highest BCUT2D eigenvalue weighted by atomic mass is 35.5. The van der Waals surface area contributed by atoms with Gasteiger partial charge in [0.05, 0.1) is 0 Å². The van der Waals surface area contributed by atoms with Crippen molar-refractivity contribution >= 4 is 12.4 Å². The van der Waals surface area contributed by atoms with E-state index < -0.39 is 0 Å². The Hall–Kier alpha value is 0.170. The standard InChI is InChI=1S/C14H27N3.ClH/c1-2-14(3-1)17-10-8-16(9-11-17)12-13-4-6-15-7-5-13;/h13-15H,1-12H2;1H. The Morgan fingerprint density at radius 2 is 1.56 bits per heavy atom. The number of hydrogen-bond acceptors (Lipinski definition) is 3. The Labute approximate surface area is 118 Å². The van der Waals surface area contributed by atoms with Gasteiger partial charge in [-0.25, -0.2) is 0 Å². The van der Waals surface area contributed by atoms with Crippen LogP contribution in [0.5, 0.6) is 0 Å². The molecule has 0 aromatic carbocycles. The van der Waals surface area contributed by atoms with Gasteiger partial charge in [0.1, 0.15) is 0 Å². The fraction of sp³-hybridized carbons (Fsp3) is 1.00. The second-order valence-electron chi connectivity index (χ2n) is 6.11. The lowest BCUT2D eigenvalue weighted by Crippen LogP contribution is -2.53. The lowest BCUT2D eigenvalue weighted by atomic mass is 9.91. The molecule has 0 atom stereocenters. The Morgan fingerprint density at radius 3 is 2.11 bits per heavy atom. The first-order valence-corrected chi connectivity index (χ1v) is 7.59. The monoisotopic (exact) mass is 273 g/mol. The van der Waals surface area contributed by atoms with E-state index >= 15 is 0 Å². The van der Waals surface area contributed by atoms with E-state index in [9.17, 15) is 0 Å². The summed E-state index contributed by atoms with van der Waals surface area (Å²) in [6.45, 7) is 9.14. The van der Waals surface area contributed by atoms with Gasteiger partial charge in [0.2, 0.25) is 0 Å². The summed E-state index contributed by atoms with van der Waals surface area (Å²) in [6.07, 6.45) is 7.19. The summed E-state index contributed by atoms with van der Waals surface area (Å²) >= 11 is 0. The number of nitrogens with one attached hydrogen (secondary N) is 1. The maximum atomic E-state index is 3.46. The second kappa shape index (κ2) is 7.09. The van der Waals surface area contributed by atoms with Crippen LogP contribution in [-0.2, 0) is 0 Å². The van der Waals surface area contributed by atoms with E-state index in [-0.39, 0.29) is 12.4 Å². The van der Waals surface area contributed by atoms with Gasteiger partial charge in [-0.15, -0.1) is 12.4 Å². The SMILES string of the molecule is C1CC(N2CCN(CC3CCNCC3)CC2)C1.Cl. The molecule has 0 aromatic rings. The van der Waals surface area contributed by atoms with E-state index in [2.05, 4.69) is 15.1 Å². The predicted octanol–water partition coefficient (Wildman–Crippen LogP) is 1.58. The quantitative estimate of drug-likeness (QED) is 0.842. The molecule has 0 unspecified atom stereocenters. The van der Waals surface area contributed by atoms with Crippen LogP contribution in [0.4, 0.5) is 0 Å². The van der Waals surface area contributed by atoms with E-state index in [1.165, 1.54) is 77.9 Å². The molecule has 106 valence electrons. The average molecular weight is 274 g/mol. The average Bonchev–Trinajstić information content (AvgIpc) is 2.31. The van der Waals surface area contributed by atoms with Crippen LogP contribution in [-0.4, -0.2) is 61.7 Å². The molecule has 0 amide bonds. The van der Waals surface area contributed by atoms with E-state index in [0.29, 0.717) is 0 Å². The molecule has 1 aliphatic carbocycles. The number of rotatable bonds is 3.